The van der Waals surface area contributed by atoms with E-state index >= 15 is 0 Å². The summed E-state index contributed by atoms with van der Waals surface area (Å²) in [6, 6.07) is 22.3. The first-order chi connectivity index (χ1) is 15.0. The van der Waals surface area contributed by atoms with Crippen molar-refractivity contribution in [2.24, 2.45) is 5.41 Å². The van der Waals surface area contributed by atoms with Crippen LogP contribution < -0.4 is 0 Å². The molecule has 0 heteroatoms. The van der Waals surface area contributed by atoms with E-state index in [1.807, 2.05) is 27.7 Å². The molecular weight excluding hydrogens is 372 g/mol. The highest BCUT2D eigenvalue weighted by molar-refractivity contribution is 5.24. The second kappa shape index (κ2) is 20.3. The molecule has 0 nitrogen and oxygen atoms in total. The monoisotopic (exact) mass is 426 g/mol. The second-order valence-corrected chi connectivity index (χ2v) is 8.67. The Morgan fingerprint density at radius 2 is 1.03 bits per heavy atom. The van der Waals surface area contributed by atoms with Crippen molar-refractivity contribution in [1.29, 1.82) is 0 Å². The van der Waals surface area contributed by atoms with Gasteiger partial charge in [0.15, 0.2) is 0 Å². The van der Waals surface area contributed by atoms with Gasteiger partial charge in [0.05, 0.1) is 0 Å². The van der Waals surface area contributed by atoms with Crippen molar-refractivity contribution in [3.05, 3.63) is 71.8 Å². The largest absolute Gasteiger partial charge is 0.0683 e. The first kappa shape index (κ1) is 31.6. The minimum atomic E-state index is 0.397. The fourth-order valence-electron chi connectivity index (χ4n) is 3.71. The van der Waals surface area contributed by atoms with Crippen LogP contribution in [-0.2, 0) is 0 Å². The molecule has 2 atom stereocenters. The van der Waals surface area contributed by atoms with Crippen molar-refractivity contribution in [3.8, 4) is 0 Å². The van der Waals surface area contributed by atoms with Gasteiger partial charge in [0.25, 0.3) is 0 Å². The van der Waals surface area contributed by atoms with E-state index in [2.05, 4.69) is 102 Å². The van der Waals surface area contributed by atoms with Gasteiger partial charge in [-0.05, 0) is 47.6 Å². The molecule has 0 aliphatic carbocycles. The standard InChI is InChI=1S/C24H34.C3H8.2C2H6/c1-5-13-22(20-14-9-7-10-15-20)18-23(19-24(3,4)6-2)21-16-11-8-12-17-21;1-3-2;2*1-2/h7-12,14-17,22-23H,5-6,13,18-19H2,1-4H3;3H2,1-2H3;2*1-2H3. The Hall–Kier alpha value is -1.56. The van der Waals surface area contributed by atoms with E-state index in [0.29, 0.717) is 17.3 Å². The molecule has 0 amide bonds. The van der Waals surface area contributed by atoms with Crippen LogP contribution in [0.5, 0.6) is 0 Å². The molecule has 0 heterocycles. The molecule has 0 radical (unpaired) electrons. The molecule has 0 aromatic heterocycles. The molecule has 0 aliphatic heterocycles. The average molecular weight is 427 g/mol. The van der Waals surface area contributed by atoms with Gasteiger partial charge in [0.2, 0.25) is 0 Å². The van der Waals surface area contributed by atoms with E-state index < -0.39 is 0 Å². The molecular formula is C31H54. The third-order valence-electron chi connectivity index (χ3n) is 5.50. The highest BCUT2D eigenvalue weighted by atomic mass is 14.3. The summed E-state index contributed by atoms with van der Waals surface area (Å²) in [5.74, 6) is 1.30. The van der Waals surface area contributed by atoms with Crippen LogP contribution in [0.25, 0.3) is 0 Å². The molecule has 0 N–H and O–H groups in total. The third-order valence-corrected chi connectivity index (χ3v) is 5.50. The van der Waals surface area contributed by atoms with Crippen LogP contribution in [-0.4, -0.2) is 0 Å². The Kier molecular flexibility index (Phi) is 20.8. The van der Waals surface area contributed by atoms with Gasteiger partial charge in [-0.3, -0.25) is 0 Å². The fourth-order valence-corrected chi connectivity index (χ4v) is 3.71. The highest BCUT2D eigenvalue weighted by Crippen LogP contribution is 2.41. The van der Waals surface area contributed by atoms with E-state index in [4.69, 9.17) is 0 Å². The molecule has 0 spiro atoms. The minimum Gasteiger partial charge on any atom is -0.0683 e. The fraction of sp³-hybridized carbons (Fsp3) is 0.613. The summed E-state index contributed by atoms with van der Waals surface area (Å²) in [6.07, 6.45) is 7.53. The highest BCUT2D eigenvalue weighted by Gasteiger charge is 2.25. The lowest BCUT2D eigenvalue weighted by Gasteiger charge is -2.31. The van der Waals surface area contributed by atoms with Crippen molar-refractivity contribution < 1.29 is 0 Å². The molecule has 2 unspecified atom stereocenters. The first-order valence-electron chi connectivity index (χ1n) is 13.1. The molecule has 0 fully saturated rings. The van der Waals surface area contributed by atoms with Crippen molar-refractivity contribution in [1.82, 2.24) is 0 Å². The SMILES string of the molecule is CC.CC.CCC.CCCC(CC(CC(C)(C)CC)c1ccccc1)c1ccccc1. The van der Waals surface area contributed by atoms with Crippen molar-refractivity contribution >= 4 is 0 Å². The maximum Gasteiger partial charge on any atom is -0.0151 e. The van der Waals surface area contributed by atoms with E-state index in [0.717, 1.165) is 0 Å². The number of hydrogen-bond donors (Lipinski definition) is 0. The maximum atomic E-state index is 2.42. The lowest BCUT2D eigenvalue weighted by atomic mass is 9.73. The summed E-state index contributed by atoms with van der Waals surface area (Å²) in [7, 11) is 0. The van der Waals surface area contributed by atoms with E-state index in [9.17, 15) is 0 Å². The molecule has 2 aromatic rings. The van der Waals surface area contributed by atoms with Gasteiger partial charge in [0, 0.05) is 0 Å². The molecule has 178 valence electrons. The minimum absolute atomic E-state index is 0.397. The summed E-state index contributed by atoms with van der Waals surface area (Å²) in [4.78, 5) is 0. The zero-order valence-corrected chi connectivity index (χ0v) is 22.7. The van der Waals surface area contributed by atoms with Gasteiger partial charge >= 0.3 is 0 Å². The summed E-state index contributed by atoms with van der Waals surface area (Å²) in [6.45, 7) is 21.7. The van der Waals surface area contributed by atoms with Gasteiger partial charge in [-0.15, -0.1) is 0 Å². The van der Waals surface area contributed by atoms with Crippen LogP contribution >= 0.6 is 0 Å². The van der Waals surface area contributed by atoms with Crippen LogP contribution in [0.2, 0.25) is 0 Å². The van der Waals surface area contributed by atoms with E-state index in [1.165, 1.54) is 49.7 Å². The molecule has 0 aliphatic rings. The smallest absolute Gasteiger partial charge is 0.0151 e. The van der Waals surface area contributed by atoms with Crippen LogP contribution in [0.3, 0.4) is 0 Å². The summed E-state index contributed by atoms with van der Waals surface area (Å²) >= 11 is 0. The van der Waals surface area contributed by atoms with Crippen LogP contribution in [0, 0.1) is 5.41 Å². The number of rotatable bonds is 9. The van der Waals surface area contributed by atoms with Gasteiger partial charge < -0.3 is 0 Å². The topological polar surface area (TPSA) is 0 Å². The average Bonchev–Trinajstić information content (AvgIpc) is 2.82. The predicted octanol–water partition coefficient (Wildman–Crippen LogP) is 11.0. The Labute approximate surface area is 196 Å². The van der Waals surface area contributed by atoms with E-state index in [-0.39, 0.29) is 0 Å². The van der Waals surface area contributed by atoms with Crippen LogP contribution in [0.1, 0.15) is 131 Å². The zero-order valence-electron chi connectivity index (χ0n) is 22.7. The Balaban J connectivity index is 0. The van der Waals surface area contributed by atoms with Crippen molar-refractivity contribution in [2.45, 2.75) is 120 Å². The van der Waals surface area contributed by atoms with Gasteiger partial charge in [0.1, 0.15) is 0 Å². The lowest BCUT2D eigenvalue weighted by molar-refractivity contribution is 0.278. The van der Waals surface area contributed by atoms with Gasteiger partial charge in [-0.25, -0.2) is 0 Å². The number of hydrogen-bond acceptors (Lipinski definition) is 0. The van der Waals surface area contributed by atoms with Gasteiger partial charge in [-0.1, -0.05) is 149 Å². The summed E-state index contributed by atoms with van der Waals surface area (Å²) in [5, 5.41) is 0. The normalized spacial score (nSPS) is 12.1. The van der Waals surface area contributed by atoms with E-state index in [1.54, 1.807) is 0 Å². The van der Waals surface area contributed by atoms with Crippen molar-refractivity contribution in [2.75, 3.05) is 0 Å². The van der Waals surface area contributed by atoms with Gasteiger partial charge in [-0.2, -0.15) is 0 Å². The zero-order chi connectivity index (χ0) is 24.1. The Morgan fingerprint density at radius 1 is 0.645 bits per heavy atom. The van der Waals surface area contributed by atoms with Crippen LogP contribution in [0.4, 0.5) is 0 Å². The molecule has 0 saturated heterocycles. The molecule has 0 bridgehead atoms. The summed E-state index contributed by atoms with van der Waals surface area (Å²) in [5.41, 5.74) is 3.42. The predicted molar refractivity (Wildman–Crippen MR) is 145 cm³/mol. The molecule has 0 saturated carbocycles. The molecule has 2 aromatic carbocycles. The van der Waals surface area contributed by atoms with Crippen LogP contribution in [0.15, 0.2) is 60.7 Å². The Bertz CT molecular complexity index is 582. The first-order valence-corrected chi connectivity index (χ1v) is 13.1. The second-order valence-electron chi connectivity index (χ2n) is 8.67. The molecule has 2 rings (SSSR count). The van der Waals surface area contributed by atoms with Crippen molar-refractivity contribution in [3.63, 3.8) is 0 Å². The lowest BCUT2D eigenvalue weighted by Crippen LogP contribution is -2.17. The number of benzene rings is 2. The summed E-state index contributed by atoms with van der Waals surface area (Å²) < 4.78 is 0. The quantitative estimate of drug-likeness (QED) is 0.374. The third kappa shape index (κ3) is 14.2. The molecule has 31 heavy (non-hydrogen) atoms. The maximum absolute atomic E-state index is 2.42. The Morgan fingerprint density at radius 3 is 1.39 bits per heavy atom.